The van der Waals surface area contributed by atoms with Crippen LogP contribution < -0.4 is 11.1 Å². The summed E-state index contributed by atoms with van der Waals surface area (Å²) in [6, 6.07) is 21.3. The maximum Gasteiger partial charge on any atom is 0.226 e. The van der Waals surface area contributed by atoms with Crippen molar-refractivity contribution in [2.24, 2.45) is 23.5 Å². The predicted molar refractivity (Wildman–Crippen MR) is 242 cm³/mol. The van der Waals surface area contributed by atoms with Crippen molar-refractivity contribution in [3.63, 3.8) is 0 Å². The Kier molecular flexibility index (Phi) is 15.6. The van der Waals surface area contributed by atoms with Crippen molar-refractivity contribution in [2.45, 2.75) is 83.7 Å². The number of Topliss-reactive ketones (excluding diaryl/α,β-unsaturated/α-hetero) is 3. The molecule has 0 unspecified atom stereocenters. The van der Waals surface area contributed by atoms with E-state index in [2.05, 4.69) is 5.32 Å². The first-order valence-electron chi connectivity index (χ1n) is 21.8. The molecule has 6 rings (SSSR count). The van der Waals surface area contributed by atoms with E-state index < -0.39 is 47.4 Å². The van der Waals surface area contributed by atoms with Gasteiger partial charge in [0.1, 0.15) is 17.5 Å². The Hall–Kier alpha value is -5.85. The van der Waals surface area contributed by atoms with Gasteiger partial charge in [0.2, 0.25) is 17.7 Å². The summed E-state index contributed by atoms with van der Waals surface area (Å²) in [7, 11) is 1.49. The number of nitrogens with zero attached hydrogens (tertiary/aromatic N) is 2. The standard InChI is InChI=1S/C50H57ClN4O8/c1-30-24-46(60)47(54(3)50(63)37(8-4-5-21-52)29-44(58)35-12-10-33(11-13-35)34-14-17-38(51)18-15-34)36-16-20-43(57)40(28-36)39-26-32(9-19-42(39)56)27-41(53-48(30)61)45(59)25-31(2)49(62)55-22-6-7-23-55/h9-20,26,28,30-31,37,41,47,56-57H,4-8,21-25,27,29,52H2,1-3H3,(H,53,61)/t30-,31-,37-,41+,47+/m1/s1. The minimum Gasteiger partial charge on any atom is -0.507 e. The molecule has 0 aliphatic carbocycles. The van der Waals surface area contributed by atoms with Crippen LogP contribution >= 0.6 is 11.6 Å². The number of rotatable bonds is 14. The fourth-order valence-electron chi connectivity index (χ4n) is 8.67. The number of unbranched alkanes of at least 4 members (excludes halogenated alkanes) is 1. The summed E-state index contributed by atoms with van der Waals surface area (Å²) in [4.78, 5) is 87.2. The van der Waals surface area contributed by atoms with Gasteiger partial charge in [-0.25, -0.2) is 0 Å². The number of ketones is 3. The second-order valence-electron chi connectivity index (χ2n) is 17.1. The Morgan fingerprint density at radius 3 is 2.11 bits per heavy atom. The predicted octanol–water partition coefficient (Wildman–Crippen LogP) is 7.46. The molecule has 5 N–H and O–H groups in total. The van der Waals surface area contributed by atoms with Gasteiger partial charge in [0, 0.05) is 78.9 Å². The van der Waals surface area contributed by atoms with Crippen LogP contribution in [0.15, 0.2) is 84.9 Å². The lowest BCUT2D eigenvalue weighted by atomic mass is 9.87. The summed E-state index contributed by atoms with van der Waals surface area (Å²) in [6.45, 7) is 4.96. The third-order valence-electron chi connectivity index (χ3n) is 12.3. The lowest BCUT2D eigenvalue weighted by Gasteiger charge is -2.32. The van der Waals surface area contributed by atoms with Crippen LogP contribution in [-0.2, 0) is 30.4 Å². The molecule has 4 aromatic carbocycles. The molecule has 0 saturated carbocycles. The average molecular weight is 877 g/mol. The summed E-state index contributed by atoms with van der Waals surface area (Å²) in [5, 5.41) is 25.8. The van der Waals surface area contributed by atoms with Crippen LogP contribution in [0.3, 0.4) is 0 Å². The maximum atomic E-state index is 14.7. The Balaban J connectivity index is 1.30. The summed E-state index contributed by atoms with van der Waals surface area (Å²) in [6.07, 6.45) is 2.79. The summed E-state index contributed by atoms with van der Waals surface area (Å²) >= 11 is 6.06. The van der Waals surface area contributed by atoms with Gasteiger partial charge in [-0.05, 0) is 97.3 Å². The van der Waals surface area contributed by atoms with E-state index in [4.69, 9.17) is 17.3 Å². The lowest BCUT2D eigenvalue weighted by Crippen LogP contribution is -2.46. The number of likely N-dealkylation sites (N-methyl/N-ethyl adjacent to an activating group) is 1. The Bertz CT molecular complexity index is 2330. The van der Waals surface area contributed by atoms with E-state index in [9.17, 15) is 39.0 Å². The minimum absolute atomic E-state index is 0.0280. The number of fused-ring (bicyclic) bond motifs is 5. The number of amides is 3. The van der Waals surface area contributed by atoms with Crippen LogP contribution in [0.5, 0.6) is 11.5 Å². The molecule has 332 valence electrons. The fourth-order valence-corrected chi connectivity index (χ4v) is 8.79. The topological polar surface area (TPSA) is 187 Å². The Morgan fingerprint density at radius 2 is 1.46 bits per heavy atom. The van der Waals surface area contributed by atoms with Crippen LogP contribution in [0.2, 0.25) is 5.02 Å². The first kappa shape index (κ1) is 46.6. The smallest absolute Gasteiger partial charge is 0.226 e. The summed E-state index contributed by atoms with van der Waals surface area (Å²) in [5.74, 6) is -4.98. The molecule has 1 saturated heterocycles. The maximum absolute atomic E-state index is 14.7. The molecule has 2 heterocycles. The highest BCUT2D eigenvalue weighted by Gasteiger charge is 2.36. The molecular formula is C50H57ClN4O8. The molecule has 0 spiro atoms. The second kappa shape index (κ2) is 21.0. The summed E-state index contributed by atoms with van der Waals surface area (Å²) < 4.78 is 0. The number of carbonyl (C=O) groups is 6. The number of halogens is 1. The molecule has 5 atom stereocenters. The third-order valence-corrected chi connectivity index (χ3v) is 12.6. The van der Waals surface area contributed by atoms with Crippen LogP contribution in [0.1, 0.15) is 92.7 Å². The molecule has 3 amide bonds. The van der Waals surface area contributed by atoms with Crippen LogP contribution in [-0.4, -0.2) is 87.8 Å². The molecule has 63 heavy (non-hydrogen) atoms. The van der Waals surface area contributed by atoms with Gasteiger partial charge in [-0.3, -0.25) is 28.8 Å². The molecule has 1 fully saturated rings. The van der Waals surface area contributed by atoms with Crippen LogP contribution in [0.4, 0.5) is 0 Å². The van der Waals surface area contributed by atoms with Gasteiger partial charge >= 0.3 is 0 Å². The van der Waals surface area contributed by atoms with E-state index in [1.54, 1.807) is 61.2 Å². The van der Waals surface area contributed by atoms with Crippen molar-refractivity contribution >= 4 is 46.7 Å². The summed E-state index contributed by atoms with van der Waals surface area (Å²) in [5.41, 5.74) is 9.36. The number of likely N-dealkylation sites (tertiary alicyclic amines) is 1. The highest BCUT2D eigenvalue weighted by atomic mass is 35.5. The van der Waals surface area contributed by atoms with E-state index in [1.807, 2.05) is 24.3 Å². The number of phenols is 2. The minimum atomic E-state index is -1.26. The second-order valence-corrected chi connectivity index (χ2v) is 17.5. The molecule has 0 radical (unpaired) electrons. The van der Waals surface area contributed by atoms with Gasteiger partial charge in [0.15, 0.2) is 17.3 Å². The van der Waals surface area contributed by atoms with Gasteiger partial charge in [0.25, 0.3) is 0 Å². The monoisotopic (exact) mass is 876 g/mol. The number of nitrogens with one attached hydrogen (secondary N) is 1. The molecule has 4 aromatic rings. The number of hydrogen-bond donors (Lipinski definition) is 4. The van der Waals surface area contributed by atoms with Crippen molar-refractivity contribution in [3.8, 4) is 33.8 Å². The molecule has 2 aliphatic heterocycles. The Morgan fingerprint density at radius 1 is 0.841 bits per heavy atom. The van der Waals surface area contributed by atoms with Crippen molar-refractivity contribution in [1.82, 2.24) is 15.1 Å². The van der Waals surface area contributed by atoms with E-state index in [-0.39, 0.29) is 65.8 Å². The number of phenolic OH excluding ortho intramolecular Hbond substituents is 2. The number of nitrogens with two attached hydrogens (primary N) is 1. The van der Waals surface area contributed by atoms with Gasteiger partial charge in [0.05, 0.1) is 6.04 Å². The molecule has 12 nitrogen and oxygen atoms in total. The van der Waals surface area contributed by atoms with E-state index in [0.717, 1.165) is 24.0 Å². The highest BCUT2D eigenvalue weighted by Crippen LogP contribution is 2.40. The van der Waals surface area contributed by atoms with Crippen LogP contribution in [0, 0.1) is 17.8 Å². The zero-order chi connectivity index (χ0) is 45.4. The van der Waals surface area contributed by atoms with Gasteiger partial charge in [-0.15, -0.1) is 0 Å². The van der Waals surface area contributed by atoms with Gasteiger partial charge in [-0.1, -0.05) is 80.4 Å². The first-order chi connectivity index (χ1) is 30.1. The number of hydrogen-bond acceptors (Lipinski definition) is 9. The van der Waals surface area contributed by atoms with Gasteiger partial charge < -0.3 is 31.1 Å². The molecule has 2 aliphatic rings. The zero-order valence-electron chi connectivity index (χ0n) is 36.1. The first-order valence-corrected chi connectivity index (χ1v) is 22.2. The van der Waals surface area contributed by atoms with Crippen molar-refractivity contribution in [2.75, 3.05) is 26.7 Å². The SMILES string of the molecule is C[C@@H]1CC(=O)[C@@H](N(C)C(=O)[C@H](CCCCN)CC(=O)c2ccc(-c3ccc(Cl)cc3)cc2)c2ccc(O)c(c2)-c2cc(ccc2O)C[C@@H](C(=O)C[C@@H](C)C(=O)N2CCCC2)NC1=O. The normalized spacial score (nSPS) is 18.8. The fraction of sp³-hybridized carbons (Fsp3) is 0.400. The van der Waals surface area contributed by atoms with E-state index in [0.29, 0.717) is 60.6 Å². The Labute approximate surface area is 373 Å². The van der Waals surface area contributed by atoms with Gasteiger partial charge in [-0.2, -0.15) is 0 Å². The van der Waals surface area contributed by atoms with E-state index in [1.165, 1.54) is 30.1 Å². The van der Waals surface area contributed by atoms with Crippen molar-refractivity contribution in [3.05, 3.63) is 107 Å². The quantitative estimate of drug-likeness (QED) is 0.0737. The zero-order valence-corrected chi connectivity index (χ0v) is 36.9. The third kappa shape index (κ3) is 11.4. The van der Waals surface area contributed by atoms with Crippen LogP contribution in [0.25, 0.3) is 22.3 Å². The van der Waals surface area contributed by atoms with Crippen molar-refractivity contribution in [1.29, 1.82) is 0 Å². The largest absolute Gasteiger partial charge is 0.507 e. The van der Waals surface area contributed by atoms with E-state index >= 15 is 0 Å². The number of benzene rings is 4. The lowest BCUT2D eigenvalue weighted by molar-refractivity contribution is -0.142. The number of aromatic hydroxyl groups is 2. The average Bonchev–Trinajstić information content (AvgIpc) is 3.82. The van der Waals surface area contributed by atoms with Crippen molar-refractivity contribution < 1.29 is 39.0 Å². The number of carbonyl (C=O) groups excluding carboxylic acids is 6. The molecule has 0 aromatic heterocycles. The molecular weight excluding hydrogens is 820 g/mol. The molecule has 13 heteroatoms. The highest BCUT2D eigenvalue weighted by molar-refractivity contribution is 6.30. The molecule has 4 bridgehead atoms.